The van der Waals surface area contributed by atoms with Crippen LogP contribution in [-0.2, 0) is 9.59 Å². The first kappa shape index (κ1) is 13.3. The standard InChI is InChI=1S/C14H21NO3/c1-13(2,14(3,4)18)15-11(16)9-7-5-6-8-10(9)12(15)17/h5-6,9-10,18H,7-8H2,1-4H3. The van der Waals surface area contributed by atoms with Gasteiger partial charge in [-0.05, 0) is 40.5 Å². The second-order valence-electron chi connectivity index (χ2n) is 6.29. The van der Waals surface area contributed by atoms with Crippen molar-refractivity contribution in [1.82, 2.24) is 4.90 Å². The first-order chi connectivity index (χ1) is 8.18. The van der Waals surface area contributed by atoms with Gasteiger partial charge < -0.3 is 5.11 Å². The Morgan fingerprint density at radius 2 is 1.44 bits per heavy atom. The van der Waals surface area contributed by atoms with E-state index in [0.29, 0.717) is 12.8 Å². The maximum atomic E-state index is 12.4. The fourth-order valence-electron chi connectivity index (χ4n) is 2.62. The van der Waals surface area contributed by atoms with Crippen molar-refractivity contribution < 1.29 is 14.7 Å². The maximum absolute atomic E-state index is 12.4. The number of hydrogen-bond donors (Lipinski definition) is 1. The molecule has 2 rings (SSSR count). The number of aliphatic hydroxyl groups is 1. The van der Waals surface area contributed by atoms with Crippen LogP contribution in [0.15, 0.2) is 12.2 Å². The van der Waals surface area contributed by atoms with Crippen LogP contribution in [0.5, 0.6) is 0 Å². The average molecular weight is 251 g/mol. The van der Waals surface area contributed by atoms with Gasteiger partial charge in [0.25, 0.3) is 0 Å². The fraction of sp³-hybridized carbons (Fsp3) is 0.714. The Bertz CT molecular complexity index is 391. The quantitative estimate of drug-likeness (QED) is 0.597. The van der Waals surface area contributed by atoms with E-state index in [1.807, 2.05) is 12.2 Å². The van der Waals surface area contributed by atoms with Crippen LogP contribution in [0, 0.1) is 11.8 Å². The Morgan fingerprint density at radius 3 is 1.78 bits per heavy atom. The van der Waals surface area contributed by atoms with Gasteiger partial charge in [-0.2, -0.15) is 0 Å². The highest BCUT2D eigenvalue weighted by atomic mass is 16.3. The maximum Gasteiger partial charge on any atom is 0.234 e. The van der Waals surface area contributed by atoms with E-state index < -0.39 is 11.1 Å². The summed E-state index contributed by atoms with van der Waals surface area (Å²) in [5.41, 5.74) is -2.02. The van der Waals surface area contributed by atoms with E-state index >= 15 is 0 Å². The zero-order valence-electron chi connectivity index (χ0n) is 11.4. The van der Waals surface area contributed by atoms with Gasteiger partial charge in [0.1, 0.15) is 0 Å². The molecule has 2 amide bonds. The largest absolute Gasteiger partial charge is 0.388 e. The van der Waals surface area contributed by atoms with Crippen molar-refractivity contribution in [2.45, 2.75) is 51.7 Å². The molecule has 1 N–H and O–H groups in total. The highest BCUT2D eigenvalue weighted by Crippen LogP contribution is 2.41. The molecule has 4 nitrogen and oxygen atoms in total. The Kier molecular flexibility index (Phi) is 2.89. The number of hydrogen-bond acceptors (Lipinski definition) is 3. The SMILES string of the molecule is CC(C)(O)C(C)(C)N1C(=O)C2CC=CCC2C1=O. The summed E-state index contributed by atoms with van der Waals surface area (Å²) in [7, 11) is 0. The lowest BCUT2D eigenvalue weighted by Gasteiger charge is -2.43. The zero-order valence-corrected chi connectivity index (χ0v) is 11.4. The monoisotopic (exact) mass is 251 g/mol. The number of imide groups is 1. The summed E-state index contributed by atoms with van der Waals surface area (Å²) in [6.45, 7) is 6.75. The van der Waals surface area contributed by atoms with Crippen LogP contribution in [0.2, 0.25) is 0 Å². The van der Waals surface area contributed by atoms with Gasteiger partial charge in [0.15, 0.2) is 0 Å². The Hall–Kier alpha value is -1.16. The molecule has 0 aromatic heterocycles. The molecule has 2 atom stereocenters. The van der Waals surface area contributed by atoms with E-state index in [9.17, 15) is 14.7 Å². The van der Waals surface area contributed by atoms with Gasteiger partial charge in [-0.15, -0.1) is 0 Å². The summed E-state index contributed by atoms with van der Waals surface area (Å²) < 4.78 is 0. The van der Waals surface area contributed by atoms with Crippen LogP contribution in [0.25, 0.3) is 0 Å². The molecule has 100 valence electrons. The number of fused-ring (bicyclic) bond motifs is 1. The molecule has 1 heterocycles. The minimum atomic E-state index is -1.13. The topological polar surface area (TPSA) is 57.6 Å². The van der Waals surface area contributed by atoms with Gasteiger partial charge in [-0.3, -0.25) is 14.5 Å². The average Bonchev–Trinajstić information content (AvgIpc) is 2.51. The molecule has 0 radical (unpaired) electrons. The van der Waals surface area contributed by atoms with Crippen molar-refractivity contribution in [3.05, 3.63) is 12.2 Å². The van der Waals surface area contributed by atoms with E-state index in [2.05, 4.69) is 0 Å². The number of carbonyl (C=O) groups excluding carboxylic acids is 2. The molecule has 0 spiro atoms. The van der Waals surface area contributed by atoms with Crippen LogP contribution >= 0.6 is 0 Å². The van der Waals surface area contributed by atoms with Crippen molar-refractivity contribution in [1.29, 1.82) is 0 Å². The summed E-state index contributed by atoms with van der Waals surface area (Å²) in [4.78, 5) is 26.1. The molecule has 0 aromatic rings. The highest BCUT2D eigenvalue weighted by Gasteiger charge is 2.55. The smallest absolute Gasteiger partial charge is 0.234 e. The molecule has 0 bridgehead atoms. The third kappa shape index (κ3) is 1.70. The Labute approximate surface area is 108 Å². The number of amides is 2. The first-order valence-corrected chi connectivity index (χ1v) is 6.43. The number of carbonyl (C=O) groups is 2. The Balaban J connectivity index is 2.37. The van der Waals surface area contributed by atoms with Gasteiger partial charge in [-0.25, -0.2) is 0 Å². The normalized spacial score (nSPS) is 28.8. The molecule has 1 aliphatic heterocycles. The third-order valence-corrected chi connectivity index (χ3v) is 4.56. The molecule has 4 heteroatoms. The van der Waals surface area contributed by atoms with E-state index in [4.69, 9.17) is 0 Å². The molecule has 2 aliphatic rings. The summed E-state index contributed by atoms with van der Waals surface area (Å²) in [6, 6.07) is 0. The zero-order chi connectivity index (χ0) is 13.7. The second kappa shape index (κ2) is 3.92. The molecular formula is C14H21NO3. The lowest BCUT2D eigenvalue weighted by atomic mass is 9.84. The van der Waals surface area contributed by atoms with Crippen LogP contribution < -0.4 is 0 Å². The fourth-order valence-corrected chi connectivity index (χ4v) is 2.62. The van der Waals surface area contributed by atoms with E-state index in [0.717, 1.165) is 0 Å². The predicted octanol–water partition coefficient (Wildman–Crippen LogP) is 1.49. The van der Waals surface area contributed by atoms with Gasteiger partial charge >= 0.3 is 0 Å². The van der Waals surface area contributed by atoms with Crippen molar-refractivity contribution in [3.8, 4) is 0 Å². The lowest BCUT2D eigenvalue weighted by molar-refractivity contribution is -0.157. The lowest BCUT2D eigenvalue weighted by Crippen LogP contribution is -2.60. The van der Waals surface area contributed by atoms with E-state index in [-0.39, 0.29) is 23.7 Å². The number of allylic oxidation sites excluding steroid dienone is 2. The molecule has 2 unspecified atom stereocenters. The first-order valence-electron chi connectivity index (χ1n) is 6.43. The van der Waals surface area contributed by atoms with Gasteiger partial charge in [-0.1, -0.05) is 12.2 Å². The minimum absolute atomic E-state index is 0.138. The van der Waals surface area contributed by atoms with Crippen LogP contribution in [0.1, 0.15) is 40.5 Å². The summed E-state index contributed by atoms with van der Waals surface area (Å²) in [6.07, 6.45) is 5.20. The van der Waals surface area contributed by atoms with E-state index in [1.54, 1.807) is 27.7 Å². The minimum Gasteiger partial charge on any atom is -0.388 e. The van der Waals surface area contributed by atoms with Crippen LogP contribution in [0.3, 0.4) is 0 Å². The van der Waals surface area contributed by atoms with Gasteiger partial charge in [0, 0.05) is 0 Å². The van der Waals surface area contributed by atoms with E-state index in [1.165, 1.54) is 4.90 Å². The third-order valence-electron chi connectivity index (χ3n) is 4.56. The molecule has 0 aromatic carbocycles. The van der Waals surface area contributed by atoms with Crippen molar-refractivity contribution in [2.75, 3.05) is 0 Å². The van der Waals surface area contributed by atoms with Crippen molar-refractivity contribution in [3.63, 3.8) is 0 Å². The second-order valence-corrected chi connectivity index (χ2v) is 6.29. The number of nitrogens with zero attached hydrogens (tertiary/aromatic N) is 1. The van der Waals surface area contributed by atoms with Crippen LogP contribution in [0.4, 0.5) is 0 Å². The number of likely N-dealkylation sites (tertiary alicyclic amines) is 1. The molecule has 18 heavy (non-hydrogen) atoms. The summed E-state index contributed by atoms with van der Waals surface area (Å²) in [5.74, 6) is -0.740. The Morgan fingerprint density at radius 1 is 1.06 bits per heavy atom. The van der Waals surface area contributed by atoms with Crippen molar-refractivity contribution >= 4 is 11.8 Å². The highest BCUT2D eigenvalue weighted by molar-refractivity contribution is 6.06. The number of rotatable bonds is 2. The predicted molar refractivity (Wildman–Crippen MR) is 67.6 cm³/mol. The molecular weight excluding hydrogens is 230 g/mol. The molecule has 1 saturated heterocycles. The van der Waals surface area contributed by atoms with Gasteiger partial charge in [0.05, 0.1) is 23.0 Å². The molecule has 0 saturated carbocycles. The van der Waals surface area contributed by atoms with Gasteiger partial charge in [0.2, 0.25) is 11.8 Å². The summed E-state index contributed by atoms with van der Waals surface area (Å²) in [5, 5.41) is 10.2. The van der Waals surface area contributed by atoms with Crippen molar-refractivity contribution in [2.24, 2.45) is 11.8 Å². The van der Waals surface area contributed by atoms with Crippen LogP contribution in [-0.4, -0.2) is 33.0 Å². The molecule has 1 fully saturated rings. The summed E-state index contributed by atoms with van der Waals surface area (Å²) >= 11 is 0. The molecule has 1 aliphatic carbocycles.